The van der Waals surface area contributed by atoms with E-state index < -0.39 is 0 Å². The molecular formula is C16H19N3O2S. The first-order valence-electron chi connectivity index (χ1n) is 7.40. The fourth-order valence-corrected chi connectivity index (χ4v) is 2.58. The van der Waals surface area contributed by atoms with Gasteiger partial charge in [-0.3, -0.25) is 0 Å². The average Bonchev–Trinajstić information content (AvgIpc) is 3.23. The first kappa shape index (κ1) is 14.8. The second kappa shape index (κ2) is 7.26. The molecule has 0 radical (unpaired) electrons. The molecule has 0 atom stereocenters. The molecule has 22 heavy (non-hydrogen) atoms. The van der Waals surface area contributed by atoms with Crippen molar-refractivity contribution < 1.29 is 9.53 Å². The molecule has 6 heteroatoms. The molecule has 2 aromatic heterocycles. The SMILES string of the molecule is O=C(NCc1ccc(OCC2CC2)nc1)NCc1ccsc1. The van der Waals surface area contributed by atoms with Gasteiger partial charge in [-0.1, -0.05) is 6.07 Å². The quantitative estimate of drug-likeness (QED) is 0.825. The Morgan fingerprint density at radius 3 is 2.68 bits per heavy atom. The van der Waals surface area contributed by atoms with E-state index in [4.69, 9.17) is 4.74 Å². The standard InChI is InChI=1S/C16H19N3O2S/c20-16(19-9-14-5-6-22-11-14)18-8-13-3-4-15(17-7-13)21-10-12-1-2-12/h3-7,11-12H,1-2,8-10H2,(H2,18,19,20). The van der Waals surface area contributed by atoms with Gasteiger partial charge in [0, 0.05) is 25.4 Å². The van der Waals surface area contributed by atoms with E-state index in [1.807, 2.05) is 29.0 Å². The molecule has 0 spiro atoms. The lowest BCUT2D eigenvalue weighted by atomic mass is 10.3. The van der Waals surface area contributed by atoms with E-state index >= 15 is 0 Å². The Bertz CT molecular complexity index is 594. The second-order valence-corrected chi connectivity index (χ2v) is 6.21. The lowest BCUT2D eigenvalue weighted by Crippen LogP contribution is -2.34. The number of hydrogen-bond donors (Lipinski definition) is 2. The van der Waals surface area contributed by atoms with Gasteiger partial charge < -0.3 is 15.4 Å². The predicted octanol–water partition coefficient (Wildman–Crippen LogP) is 2.93. The van der Waals surface area contributed by atoms with Gasteiger partial charge in [-0.05, 0) is 46.7 Å². The van der Waals surface area contributed by atoms with Crippen molar-refractivity contribution in [2.45, 2.75) is 25.9 Å². The van der Waals surface area contributed by atoms with Crippen LogP contribution in [0.5, 0.6) is 5.88 Å². The summed E-state index contributed by atoms with van der Waals surface area (Å²) in [6, 6.07) is 5.59. The van der Waals surface area contributed by atoms with Crippen LogP contribution >= 0.6 is 11.3 Å². The third-order valence-electron chi connectivity index (χ3n) is 3.45. The van der Waals surface area contributed by atoms with E-state index in [0.29, 0.717) is 19.0 Å². The van der Waals surface area contributed by atoms with Crippen molar-refractivity contribution in [3.8, 4) is 5.88 Å². The Balaban J connectivity index is 1.37. The highest BCUT2D eigenvalue weighted by molar-refractivity contribution is 7.07. The van der Waals surface area contributed by atoms with Crippen LogP contribution in [0.1, 0.15) is 24.0 Å². The Morgan fingerprint density at radius 1 is 1.23 bits per heavy atom. The summed E-state index contributed by atoms with van der Waals surface area (Å²) in [5.41, 5.74) is 2.06. The van der Waals surface area contributed by atoms with Crippen LogP contribution in [0.15, 0.2) is 35.2 Å². The molecule has 5 nitrogen and oxygen atoms in total. The molecule has 0 unspecified atom stereocenters. The molecule has 1 saturated carbocycles. The monoisotopic (exact) mass is 317 g/mol. The number of carbonyl (C=O) groups is 1. The fourth-order valence-electron chi connectivity index (χ4n) is 1.91. The topological polar surface area (TPSA) is 63.2 Å². The van der Waals surface area contributed by atoms with Gasteiger partial charge in [0.2, 0.25) is 5.88 Å². The zero-order valence-corrected chi connectivity index (χ0v) is 13.1. The van der Waals surface area contributed by atoms with Crippen LogP contribution in [0.4, 0.5) is 4.79 Å². The van der Waals surface area contributed by atoms with E-state index in [-0.39, 0.29) is 6.03 Å². The summed E-state index contributed by atoms with van der Waals surface area (Å²) >= 11 is 1.62. The minimum atomic E-state index is -0.180. The van der Waals surface area contributed by atoms with E-state index in [1.165, 1.54) is 12.8 Å². The summed E-state index contributed by atoms with van der Waals surface area (Å²) in [5.74, 6) is 1.37. The van der Waals surface area contributed by atoms with Crippen molar-refractivity contribution in [2.24, 2.45) is 5.92 Å². The molecule has 1 aliphatic rings. The van der Waals surface area contributed by atoms with Crippen LogP contribution in [0.25, 0.3) is 0 Å². The number of pyridine rings is 1. The smallest absolute Gasteiger partial charge is 0.315 e. The highest BCUT2D eigenvalue weighted by Crippen LogP contribution is 2.29. The molecule has 2 aromatic rings. The summed E-state index contributed by atoms with van der Waals surface area (Å²) in [5, 5.41) is 9.64. The maximum absolute atomic E-state index is 11.7. The number of thiophene rings is 1. The van der Waals surface area contributed by atoms with Gasteiger partial charge in [0.25, 0.3) is 0 Å². The minimum absolute atomic E-state index is 0.180. The predicted molar refractivity (Wildman–Crippen MR) is 85.9 cm³/mol. The van der Waals surface area contributed by atoms with Crippen LogP contribution in [0, 0.1) is 5.92 Å². The lowest BCUT2D eigenvalue weighted by molar-refractivity contribution is 0.240. The number of nitrogens with one attached hydrogen (secondary N) is 2. The van der Waals surface area contributed by atoms with E-state index in [9.17, 15) is 4.79 Å². The largest absolute Gasteiger partial charge is 0.477 e. The van der Waals surface area contributed by atoms with E-state index in [0.717, 1.165) is 23.7 Å². The highest BCUT2D eigenvalue weighted by atomic mass is 32.1. The highest BCUT2D eigenvalue weighted by Gasteiger charge is 2.21. The molecule has 2 N–H and O–H groups in total. The fraction of sp³-hybridized carbons (Fsp3) is 0.375. The summed E-state index contributed by atoms with van der Waals surface area (Å²) in [7, 11) is 0. The zero-order chi connectivity index (χ0) is 15.2. The van der Waals surface area contributed by atoms with Crippen molar-refractivity contribution in [3.05, 3.63) is 46.3 Å². The van der Waals surface area contributed by atoms with Gasteiger partial charge in [-0.25, -0.2) is 9.78 Å². The average molecular weight is 317 g/mol. The maximum atomic E-state index is 11.7. The third kappa shape index (κ3) is 4.73. The molecule has 1 aliphatic carbocycles. The number of aromatic nitrogens is 1. The number of amides is 2. The van der Waals surface area contributed by atoms with Gasteiger partial charge in [0.1, 0.15) is 0 Å². The van der Waals surface area contributed by atoms with Crippen molar-refractivity contribution in [3.63, 3.8) is 0 Å². The molecule has 0 saturated heterocycles. The number of nitrogens with zero attached hydrogens (tertiary/aromatic N) is 1. The molecule has 0 aromatic carbocycles. The van der Waals surface area contributed by atoms with E-state index in [2.05, 4.69) is 15.6 Å². The Kier molecular flexibility index (Phi) is 4.90. The lowest BCUT2D eigenvalue weighted by Gasteiger charge is -2.08. The molecule has 2 amide bonds. The minimum Gasteiger partial charge on any atom is -0.477 e. The van der Waals surface area contributed by atoms with Crippen molar-refractivity contribution >= 4 is 17.4 Å². The maximum Gasteiger partial charge on any atom is 0.315 e. The van der Waals surface area contributed by atoms with Crippen LogP contribution < -0.4 is 15.4 Å². The number of ether oxygens (including phenoxy) is 1. The Hall–Kier alpha value is -2.08. The third-order valence-corrected chi connectivity index (χ3v) is 4.18. The first-order valence-corrected chi connectivity index (χ1v) is 8.34. The number of carbonyl (C=O) groups excluding carboxylic acids is 1. The Morgan fingerprint density at radius 2 is 2.05 bits per heavy atom. The van der Waals surface area contributed by atoms with Gasteiger partial charge in [-0.15, -0.1) is 0 Å². The number of rotatable bonds is 7. The Labute approximate surface area is 133 Å². The van der Waals surface area contributed by atoms with Crippen LogP contribution in [0.2, 0.25) is 0 Å². The van der Waals surface area contributed by atoms with Gasteiger partial charge in [-0.2, -0.15) is 11.3 Å². The number of hydrogen-bond acceptors (Lipinski definition) is 4. The normalized spacial score (nSPS) is 13.6. The molecule has 0 aliphatic heterocycles. The summed E-state index contributed by atoms with van der Waals surface area (Å²) in [4.78, 5) is 15.9. The molecule has 116 valence electrons. The van der Waals surface area contributed by atoms with Crippen LogP contribution in [-0.4, -0.2) is 17.6 Å². The summed E-state index contributed by atoms with van der Waals surface area (Å²) < 4.78 is 5.58. The molecule has 1 fully saturated rings. The molecule has 0 bridgehead atoms. The van der Waals surface area contributed by atoms with Gasteiger partial charge in [0.15, 0.2) is 0 Å². The molecule has 3 rings (SSSR count). The first-order chi connectivity index (χ1) is 10.8. The van der Waals surface area contributed by atoms with Crippen LogP contribution in [0.3, 0.4) is 0 Å². The van der Waals surface area contributed by atoms with Crippen molar-refractivity contribution in [1.29, 1.82) is 0 Å². The molecule has 2 heterocycles. The van der Waals surface area contributed by atoms with Crippen LogP contribution in [-0.2, 0) is 13.1 Å². The van der Waals surface area contributed by atoms with Crippen molar-refractivity contribution in [1.82, 2.24) is 15.6 Å². The summed E-state index contributed by atoms with van der Waals surface area (Å²) in [6.45, 7) is 1.75. The number of urea groups is 1. The van der Waals surface area contributed by atoms with Gasteiger partial charge in [0.05, 0.1) is 6.61 Å². The molecular weight excluding hydrogens is 298 g/mol. The van der Waals surface area contributed by atoms with E-state index in [1.54, 1.807) is 17.5 Å². The van der Waals surface area contributed by atoms with Gasteiger partial charge >= 0.3 is 6.03 Å². The second-order valence-electron chi connectivity index (χ2n) is 5.43. The summed E-state index contributed by atoms with van der Waals surface area (Å²) in [6.07, 6.45) is 4.27. The van der Waals surface area contributed by atoms with Crippen molar-refractivity contribution in [2.75, 3.05) is 6.61 Å². The zero-order valence-electron chi connectivity index (χ0n) is 12.2.